The lowest BCUT2D eigenvalue weighted by molar-refractivity contribution is 0.598. The van der Waals surface area contributed by atoms with Gasteiger partial charge in [0.1, 0.15) is 11.7 Å². The van der Waals surface area contributed by atoms with Gasteiger partial charge >= 0.3 is 0 Å². The van der Waals surface area contributed by atoms with Gasteiger partial charge in [-0.2, -0.15) is 8.42 Å². The smallest absolute Gasteiger partial charge is 0.280 e. The number of nitrogens with two attached hydrogens (primary N) is 1. The van der Waals surface area contributed by atoms with E-state index in [0.29, 0.717) is 17.1 Å². The molecule has 0 aliphatic carbocycles. The molecule has 0 unspecified atom stereocenters. The molecule has 0 aliphatic rings. The molecule has 2 rings (SSSR count). The van der Waals surface area contributed by atoms with Crippen molar-refractivity contribution in [3.63, 3.8) is 0 Å². The Labute approximate surface area is 117 Å². The van der Waals surface area contributed by atoms with Crippen LogP contribution in [-0.2, 0) is 17.1 Å². The lowest BCUT2D eigenvalue weighted by Crippen LogP contribution is -2.15. The molecule has 1 aromatic heterocycles. The van der Waals surface area contributed by atoms with Crippen LogP contribution in [0.15, 0.2) is 35.5 Å². The normalized spacial score (nSPS) is 11.3. The number of hydrogen-bond donors (Lipinski definition) is 3. The van der Waals surface area contributed by atoms with Gasteiger partial charge in [-0.05, 0) is 19.1 Å². The van der Waals surface area contributed by atoms with E-state index in [2.05, 4.69) is 9.71 Å². The molecule has 0 spiro atoms. The van der Waals surface area contributed by atoms with Crippen LogP contribution < -0.4 is 10.5 Å². The zero-order valence-corrected chi connectivity index (χ0v) is 11.9. The van der Waals surface area contributed by atoms with Crippen LogP contribution >= 0.6 is 0 Å². The van der Waals surface area contributed by atoms with Gasteiger partial charge in [0.2, 0.25) is 0 Å². The Kier molecular flexibility index (Phi) is 3.49. The highest BCUT2D eigenvalue weighted by Crippen LogP contribution is 2.16. The Morgan fingerprint density at radius 1 is 1.45 bits per heavy atom. The number of nitrogens with zero attached hydrogens (tertiary/aromatic N) is 2. The molecule has 106 valence electrons. The molecular weight excluding hydrogens is 278 g/mol. The van der Waals surface area contributed by atoms with Gasteiger partial charge in [-0.15, -0.1) is 0 Å². The Morgan fingerprint density at radius 3 is 2.70 bits per heavy atom. The second kappa shape index (κ2) is 4.97. The van der Waals surface area contributed by atoms with Gasteiger partial charge in [-0.1, -0.05) is 12.1 Å². The van der Waals surface area contributed by atoms with E-state index in [1.54, 1.807) is 36.7 Å². The van der Waals surface area contributed by atoms with E-state index in [9.17, 15) is 8.42 Å². The largest absolute Gasteiger partial charge is 0.384 e. The highest BCUT2D eigenvalue weighted by atomic mass is 32.2. The number of aryl methyl sites for hydroxylation is 2. The van der Waals surface area contributed by atoms with E-state index in [0.717, 1.165) is 0 Å². The summed E-state index contributed by atoms with van der Waals surface area (Å²) < 4.78 is 28.4. The number of rotatable bonds is 4. The fraction of sp³-hybridized carbons (Fsp3) is 0.167. The maximum absolute atomic E-state index is 12.2. The van der Waals surface area contributed by atoms with Gasteiger partial charge in [0.25, 0.3) is 10.0 Å². The minimum absolute atomic E-state index is 0.0503. The fourth-order valence-corrected chi connectivity index (χ4v) is 2.70. The molecule has 0 radical (unpaired) electrons. The first-order valence-corrected chi connectivity index (χ1v) is 7.25. The van der Waals surface area contributed by atoms with Crippen molar-refractivity contribution in [2.45, 2.75) is 11.9 Å². The summed E-state index contributed by atoms with van der Waals surface area (Å²) in [6.45, 7) is 1.72. The molecular formula is C12H15N5O2S. The Morgan fingerprint density at radius 2 is 2.15 bits per heavy atom. The molecule has 4 N–H and O–H groups in total. The van der Waals surface area contributed by atoms with Crippen LogP contribution in [0.4, 0.5) is 5.69 Å². The standard InChI is InChI=1S/C12H15N5O2S/c1-8-15-11(7-17(8)2)20(18,19)16-10-5-3-4-9(6-10)12(13)14/h3-7,16H,1-2H3,(H3,13,14). The first kappa shape index (κ1) is 14.1. The Hall–Kier alpha value is -2.35. The van der Waals surface area contributed by atoms with Gasteiger partial charge in [-0.3, -0.25) is 10.1 Å². The van der Waals surface area contributed by atoms with Gasteiger partial charge in [0.05, 0.1) is 0 Å². The first-order chi connectivity index (χ1) is 9.29. The molecule has 0 bridgehead atoms. The number of nitrogens with one attached hydrogen (secondary N) is 2. The van der Waals surface area contributed by atoms with Gasteiger partial charge in [-0.25, -0.2) is 4.98 Å². The van der Waals surface area contributed by atoms with Crippen molar-refractivity contribution in [2.24, 2.45) is 12.8 Å². The molecule has 0 saturated carbocycles. The molecule has 7 nitrogen and oxygen atoms in total. The zero-order valence-electron chi connectivity index (χ0n) is 11.1. The first-order valence-electron chi connectivity index (χ1n) is 5.77. The summed E-state index contributed by atoms with van der Waals surface area (Å²) in [7, 11) is -2.03. The molecule has 2 aromatic rings. The van der Waals surface area contributed by atoms with Crippen molar-refractivity contribution < 1.29 is 8.42 Å². The third-order valence-electron chi connectivity index (χ3n) is 2.79. The summed E-state index contributed by atoms with van der Waals surface area (Å²) in [5.41, 5.74) is 6.15. The number of hydrogen-bond acceptors (Lipinski definition) is 4. The number of imidazole rings is 1. The molecule has 0 saturated heterocycles. The van der Waals surface area contributed by atoms with E-state index in [1.165, 1.54) is 12.3 Å². The SMILES string of the molecule is Cc1nc(S(=O)(=O)Nc2cccc(C(=N)N)c2)cn1C. The fourth-order valence-electron chi connectivity index (χ4n) is 1.61. The van der Waals surface area contributed by atoms with E-state index in [4.69, 9.17) is 11.1 Å². The molecule has 8 heteroatoms. The van der Waals surface area contributed by atoms with Crippen LogP contribution in [0.2, 0.25) is 0 Å². The summed E-state index contributed by atoms with van der Waals surface area (Å²) in [6, 6.07) is 6.33. The van der Waals surface area contributed by atoms with Crippen LogP contribution in [0.1, 0.15) is 11.4 Å². The zero-order chi connectivity index (χ0) is 14.9. The summed E-state index contributed by atoms with van der Waals surface area (Å²) in [5, 5.41) is 7.29. The lowest BCUT2D eigenvalue weighted by Gasteiger charge is -2.07. The highest BCUT2D eigenvalue weighted by Gasteiger charge is 2.18. The van der Waals surface area contributed by atoms with E-state index < -0.39 is 10.0 Å². The molecule has 20 heavy (non-hydrogen) atoms. The van der Waals surface area contributed by atoms with Gasteiger partial charge in [0.15, 0.2) is 5.03 Å². The average Bonchev–Trinajstić information content (AvgIpc) is 2.70. The predicted octanol–water partition coefficient (Wildman–Crippen LogP) is 0.813. The van der Waals surface area contributed by atoms with E-state index in [1.807, 2.05) is 0 Å². The van der Waals surface area contributed by atoms with Crippen molar-refractivity contribution in [3.05, 3.63) is 41.9 Å². The maximum atomic E-state index is 12.2. The summed E-state index contributed by atoms with van der Waals surface area (Å²) in [6.07, 6.45) is 1.44. The van der Waals surface area contributed by atoms with Crippen LogP contribution in [-0.4, -0.2) is 23.8 Å². The summed E-state index contributed by atoms with van der Waals surface area (Å²) in [5.74, 6) is 0.475. The minimum Gasteiger partial charge on any atom is -0.384 e. The molecule has 0 atom stereocenters. The molecule has 0 aliphatic heterocycles. The molecule has 1 heterocycles. The summed E-state index contributed by atoms with van der Waals surface area (Å²) in [4.78, 5) is 3.98. The van der Waals surface area contributed by atoms with Gasteiger partial charge in [0, 0.05) is 24.5 Å². The lowest BCUT2D eigenvalue weighted by atomic mass is 10.2. The van der Waals surface area contributed by atoms with Crippen LogP contribution in [0.3, 0.4) is 0 Å². The second-order valence-electron chi connectivity index (χ2n) is 4.34. The Bertz CT molecular complexity index is 744. The third-order valence-corrected chi connectivity index (χ3v) is 4.04. The number of sulfonamides is 1. The molecule has 0 amide bonds. The van der Waals surface area contributed by atoms with Crippen molar-refractivity contribution in [3.8, 4) is 0 Å². The van der Waals surface area contributed by atoms with Crippen molar-refractivity contribution in [2.75, 3.05) is 4.72 Å². The van der Waals surface area contributed by atoms with Crippen molar-refractivity contribution in [1.29, 1.82) is 5.41 Å². The quantitative estimate of drug-likeness (QED) is 0.571. The number of aromatic nitrogens is 2. The minimum atomic E-state index is -3.75. The highest BCUT2D eigenvalue weighted by molar-refractivity contribution is 7.92. The number of benzene rings is 1. The van der Waals surface area contributed by atoms with Gasteiger partial charge < -0.3 is 10.3 Å². The average molecular weight is 293 g/mol. The number of amidine groups is 1. The number of anilines is 1. The number of nitrogen functional groups attached to an aromatic ring is 1. The third kappa shape index (κ3) is 2.80. The van der Waals surface area contributed by atoms with Crippen LogP contribution in [0.25, 0.3) is 0 Å². The van der Waals surface area contributed by atoms with Crippen LogP contribution in [0, 0.1) is 12.3 Å². The monoisotopic (exact) mass is 293 g/mol. The van der Waals surface area contributed by atoms with Crippen molar-refractivity contribution >= 4 is 21.5 Å². The predicted molar refractivity (Wildman–Crippen MR) is 76.2 cm³/mol. The second-order valence-corrected chi connectivity index (χ2v) is 5.97. The maximum Gasteiger partial charge on any atom is 0.280 e. The Balaban J connectivity index is 2.33. The van der Waals surface area contributed by atoms with Crippen LogP contribution in [0.5, 0.6) is 0 Å². The van der Waals surface area contributed by atoms with E-state index >= 15 is 0 Å². The summed E-state index contributed by atoms with van der Waals surface area (Å²) >= 11 is 0. The van der Waals surface area contributed by atoms with E-state index in [-0.39, 0.29) is 10.9 Å². The molecule has 1 aromatic carbocycles. The topological polar surface area (TPSA) is 114 Å². The van der Waals surface area contributed by atoms with Crippen molar-refractivity contribution in [1.82, 2.24) is 9.55 Å². The molecule has 0 fully saturated rings.